The maximum absolute atomic E-state index is 4.45. The Labute approximate surface area is 129 Å². The standard InChI is InChI=1S/C14H14BrIN2/c1-17-14(13-7-4-11(15)9-18-13)8-10-2-5-12(16)6-3-10/h2-7,9,14,17H,8H2,1H3. The van der Waals surface area contributed by atoms with Gasteiger partial charge < -0.3 is 5.32 Å². The van der Waals surface area contributed by atoms with Crippen molar-refractivity contribution in [3.63, 3.8) is 0 Å². The Morgan fingerprint density at radius 1 is 1.22 bits per heavy atom. The molecule has 0 saturated carbocycles. The number of rotatable bonds is 4. The molecule has 2 nitrogen and oxygen atoms in total. The van der Waals surface area contributed by atoms with Gasteiger partial charge in [0.15, 0.2) is 0 Å². The summed E-state index contributed by atoms with van der Waals surface area (Å²) in [7, 11) is 1.97. The highest BCUT2D eigenvalue weighted by molar-refractivity contribution is 14.1. The molecule has 0 amide bonds. The molecular weight excluding hydrogens is 403 g/mol. The van der Waals surface area contributed by atoms with Crippen LogP contribution in [-0.4, -0.2) is 12.0 Å². The van der Waals surface area contributed by atoms with Gasteiger partial charge in [-0.25, -0.2) is 0 Å². The van der Waals surface area contributed by atoms with E-state index in [1.807, 2.05) is 19.3 Å². The van der Waals surface area contributed by atoms with Gasteiger partial charge >= 0.3 is 0 Å². The molecule has 94 valence electrons. The van der Waals surface area contributed by atoms with E-state index in [2.05, 4.69) is 79.2 Å². The monoisotopic (exact) mass is 416 g/mol. The third-order valence-electron chi connectivity index (χ3n) is 2.81. The van der Waals surface area contributed by atoms with Crippen molar-refractivity contribution in [2.75, 3.05) is 7.05 Å². The summed E-state index contributed by atoms with van der Waals surface area (Å²) in [6.07, 6.45) is 2.79. The van der Waals surface area contributed by atoms with Crippen molar-refractivity contribution >= 4 is 38.5 Å². The zero-order chi connectivity index (χ0) is 13.0. The summed E-state index contributed by atoms with van der Waals surface area (Å²) in [5.41, 5.74) is 2.39. The quantitative estimate of drug-likeness (QED) is 0.763. The van der Waals surface area contributed by atoms with E-state index in [0.717, 1.165) is 16.6 Å². The molecule has 1 heterocycles. The molecule has 2 rings (SSSR count). The molecule has 1 atom stereocenters. The molecule has 0 aliphatic carbocycles. The molecule has 18 heavy (non-hydrogen) atoms. The Morgan fingerprint density at radius 2 is 1.94 bits per heavy atom. The summed E-state index contributed by atoms with van der Waals surface area (Å²) in [5.74, 6) is 0. The smallest absolute Gasteiger partial charge is 0.0577 e. The van der Waals surface area contributed by atoms with Crippen molar-refractivity contribution in [3.8, 4) is 0 Å². The fourth-order valence-corrected chi connectivity index (χ4v) is 2.40. The van der Waals surface area contributed by atoms with Crippen molar-refractivity contribution in [2.24, 2.45) is 0 Å². The molecule has 2 aromatic rings. The van der Waals surface area contributed by atoms with Crippen LogP contribution in [0.1, 0.15) is 17.3 Å². The zero-order valence-corrected chi connectivity index (χ0v) is 13.8. The lowest BCUT2D eigenvalue weighted by Crippen LogP contribution is -2.19. The lowest BCUT2D eigenvalue weighted by molar-refractivity contribution is 0.576. The average Bonchev–Trinajstić information content (AvgIpc) is 2.39. The predicted octanol–water partition coefficient (Wildman–Crippen LogP) is 3.95. The van der Waals surface area contributed by atoms with Crippen molar-refractivity contribution in [3.05, 3.63) is 61.9 Å². The van der Waals surface area contributed by atoms with Gasteiger partial charge in [0, 0.05) is 14.2 Å². The molecule has 0 spiro atoms. The van der Waals surface area contributed by atoms with Crippen molar-refractivity contribution in [1.29, 1.82) is 0 Å². The second kappa shape index (κ2) is 6.63. The fraction of sp³-hybridized carbons (Fsp3) is 0.214. The van der Waals surface area contributed by atoms with E-state index in [-0.39, 0.29) is 6.04 Å². The second-order valence-corrected chi connectivity index (χ2v) is 6.23. The third-order valence-corrected chi connectivity index (χ3v) is 4.00. The number of hydrogen-bond donors (Lipinski definition) is 1. The Morgan fingerprint density at radius 3 is 2.50 bits per heavy atom. The van der Waals surface area contributed by atoms with Crippen LogP contribution in [0.2, 0.25) is 0 Å². The van der Waals surface area contributed by atoms with Gasteiger partial charge in [-0.05, 0) is 81.8 Å². The predicted molar refractivity (Wildman–Crippen MR) is 86.6 cm³/mol. The highest BCUT2D eigenvalue weighted by atomic mass is 127. The number of pyridine rings is 1. The number of halogens is 2. The number of benzene rings is 1. The maximum Gasteiger partial charge on any atom is 0.0577 e. The number of likely N-dealkylation sites (N-methyl/N-ethyl adjacent to an activating group) is 1. The van der Waals surface area contributed by atoms with E-state index in [1.54, 1.807) is 0 Å². The third kappa shape index (κ3) is 3.76. The molecule has 1 N–H and O–H groups in total. The average molecular weight is 417 g/mol. The fourth-order valence-electron chi connectivity index (χ4n) is 1.80. The van der Waals surface area contributed by atoms with E-state index < -0.39 is 0 Å². The Hall–Kier alpha value is -0.460. The van der Waals surface area contributed by atoms with Gasteiger partial charge in [-0.1, -0.05) is 12.1 Å². The molecule has 4 heteroatoms. The Balaban J connectivity index is 2.14. The number of nitrogens with zero attached hydrogens (tertiary/aromatic N) is 1. The number of aromatic nitrogens is 1. The summed E-state index contributed by atoms with van der Waals surface area (Å²) >= 11 is 5.73. The van der Waals surface area contributed by atoms with Crippen LogP contribution in [0.3, 0.4) is 0 Å². The highest BCUT2D eigenvalue weighted by Crippen LogP contribution is 2.18. The van der Waals surface area contributed by atoms with Crippen molar-refractivity contribution < 1.29 is 0 Å². The lowest BCUT2D eigenvalue weighted by atomic mass is 10.0. The van der Waals surface area contributed by atoms with Crippen LogP contribution in [0.15, 0.2) is 47.1 Å². The minimum absolute atomic E-state index is 0.248. The van der Waals surface area contributed by atoms with E-state index in [9.17, 15) is 0 Å². The minimum Gasteiger partial charge on any atom is -0.311 e. The second-order valence-electron chi connectivity index (χ2n) is 4.07. The summed E-state index contributed by atoms with van der Waals surface area (Å²) in [6.45, 7) is 0. The molecule has 1 aromatic heterocycles. The van der Waals surface area contributed by atoms with Crippen LogP contribution in [0.25, 0.3) is 0 Å². The molecule has 0 bridgehead atoms. The zero-order valence-electron chi connectivity index (χ0n) is 10.0. The molecule has 1 aromatic carbocycles. The molecule has 0 saturated heterocycles. The van der Waals surface area contributed by atoms with Gasteiger partial charge in [-0.2, -0.15) is 0 Å². The number of hydrogen-bond acceptors (Lipinski definition) is 2. The number of nitrogens with one attached hydrogen (secondary N) is 1. The molecule has 0 aliphatic rings. The van der Waals surface area contributed by atoms with Gasteiger partial charge in [0.25, 0.3) is 0 Å². The topological polar surface area (TPSA) is 24.9 Å². The first-order valence-corrected chi connectivity index (χ1v) is 7.59. The summed E-state index contributed by atoms with van der Waals surface area (Å²) in [5, 5.41) is 3.32. The van der Waals surface area contributed by atoms with E-state index in [0.29, 0.717) is 0 Å². The first kappa shape index (κ1) is 14.0. The largest absolute Gasteiger partial charge is 0.311 e. The highest BCUT2D eigenvalue weighted by Gasteiger charge is 2.11. The summed E-state index contributed by atoms with van der Waals surface area (Å²) in [4.78, 5) is 4.45. The van der Waals surface area contributed by atoms with Crippen LogP contribution in [0.5, 0.6) is 0 Å². The Kier molecular flexibility index (Phi) is 5.14. The summed E-state index contributed by atoms with van der Waals surface area (Å²) in [6, 6.07) is 12.9. The normalized spacial score (nSPS) is 12.4. The van der Waals surface area contributed by atoms with E-state index >= 15 is 0 Å². The van der Waals surface area contributed by atoms with E-state index in [4.69, 9.17) is 0 Å². The van der Waals surface area contributed by atoms with Crippen LogP contribution in [0, 0.1) is 3.57 Å². The van der Waals surface area contributed by atoms with E-state index in [1.165, 1.54) is 9.13 Å². The molecule has 0 aliphatic heterocycles. The SMILES string of the molecule is CNC(Cc1ccc(I)cc1)c1ccc(Br)cn1. The van der Waals surface area contributed by atoms with Crippen molar-refractivity contribution in [1.82, 2.24) is 10.3 Å². The lowest BCUT2D eigenvalue weighted by Gasteiger charge is -2.15. The van der Waals surface area contributed by atoms with Crippen LogP contribution in [-0.2, 0) is 6.42 Å². The Bertz CT molecular complexity index is 496. The van der Waals surface area contributed by atoms with Gasteiger partial charge in [-0.3, -0.25) is 4.98 Å². The first-order chi connectivity index (χ1) is 8.69. The van der Waals surface area contributed by atoms with Gasteiger partial charge in [-0.15, -0.1) is 0 Å². The minimum atomic E-state index is 0.248. The van der Waals surface area contributed by atoms with Crippen LogP contribution >= 0.6 is 38.5 Å². The molecular formula is C14H14BrIN2. The molecule has 0 fully saturated rings. The molecule has 0 radical (unpaired) electrons. The van der Waals surface area contributed by atoms with Gasteiger partial charge in [0.2, 0.25) is 0 Å². The van der Waals surface area contributed by atoms with Crippen LogP contribution < -0.4 is 5.32 Å². The molecule has 1 unspecified atom stereocenters. The van der Waals surface area contributed by atoms with Gasteiger partial charge in [0.05, 0.1) is 11.7 Å². The first-order valence-electron chi connectivity index (χ1n) is 5.72. The van der Waals surface area contributed by atoms with Crippen LogP contribution in [0.4, 0.5) is 0 Å². The van der Waals surface area contributed by atoms with Crippen molar-refractivity contribution in [2.45, 2.75) is 12.5 Å². The van der Waals surface area contributed by atoms with Gasteiger partial charge in [0.1, 0.15) is 0 Å². The maximum atomic E-state index is 4.45. The summed E-state index contributed by atoms with van der Waals surface area (Å²) < 4.78 is 2.27.